The monoisotopic (exact) mass is 393 g/mol. The van der Waals surface area contributed by atoms with Crippen LogP contribution in [-0.4, -0.2) is 36.1 Å². The van der Waals surface area contributed by atoms with Crippen LogP contribution in [0.2, 0.25) is 0 Å². The number of ether oxygens (including phenoxy) is 1. The molecule has 3 rings (SSSR count). The molecule has 1 heterocycles. The van der Waals surface area contributed by atoms with Crippen LogP contribution >= 0.6 is 0 Å². The molecule has 6 heteroatoms. The number of nitrogens with zero attached hydrogens (tertiary/aromatic N) is 2. The van der Waals surface area contributed by atoms with E-state index in [0.717, 1.165) is 48.1 Å². The summed E-state index contributed by atoms with van der Waals surface area (Å²) in [5.74, 6) is 3.17. The second-order valence-electron chi connectivity index (χ2n) is 7.59. The van der Waals surface area contributed by atoms with Crippen molar-refractivity contribution in [1.29, 1.82) is 0 Å². The molecule has 0 fully saturated rings. The molecule has 2 aromatic carbocycles. The van der Waals surface area contributed by atoms with E-state index in [4.69, 9.17) is 4.74 Å². The zero-order chi connectivity index (χ0) is 20.6. The van der Waals surface area contributed by atoms with Gasteiger partial charge < -0.3 is 20.4 Å². The van der Waals surface area contributed by atoms with Gasteiger partial charge >= 0.3 is 0 Å². The van der Waals surface area contributed by atoms with Gasteiger partial charge in [-0.1, -0.05) is 38.1 Å². The van der Waals surface area contributed by atoms with Gasteiger partial charge in [-0.15, -0.1) is 0 Å². The molecule has 0 bridgehead atoms. The first-order chi connectivity index (χ1) is 14.0. The minimum absolute atomic E-state index is 0.131. The van der Waals surface area contributed by atoms with Crippen molar-refractivity contribution in [2.24, 2.45) is 10.9 Å². The van der Waals surface area contributed by atoms with Crippen molar-refractivity contribution in [3.05, 3.63) is 59.9 Å². The van der Waals surface area contributed by atoms with Crippen molar-refractivity contribution in [1.82, 2.24) is 20.6 Å². The zero-order valence-corrected chi connectivity index (χ0v) is 17.7. The zero-order valence-electron chi connectivity index (χ0n) is 17.7. The summed E-state index contributed by atoms with van der Waals surface area (Å²) in [6.45, 7) is 7.89. The van der Waals surface area contributed by atoms with Crippen LogP contribution in [0.25, 0.3) is 11.0 Å². The predicted octanol–water partition coefficient (Wildman–Crippen LogP) is 4.07. The molecule has 0 aliphatic carbocycles. The van der Waals surface area contributed by atoms with Crippen molar-refractivity contribution < 1.29 is 4.74 Å². The van der Waals surface area contributed by atoms with Gasteiger partial charge in [0.05, 0.1) is 23.7 Å². The fourth-order valence-electron chi connectivity index (χ4n) is 3.02. The lowest BCUT2D eigenvalue weighted by atomic mass is 10.1. The molecule has 0 saturated heterocycles. The van der Waals surface area contributed by atoms with Crippen LogP contribution in [-0.2, 0) is 6.42 Å². The van der Waals surface area contributed by atoms with Crippen LogP contribution < -0.4 is 15.4 Å². The number of rotatable bonds is 8. The molecule has 3 aromatic rings. The standard InChI is InChI=1S/C23H31N5O/c1-16(2)15-29-19-11-9-18(10-12-19)17(3)26-23(24-4)25-14-13-22-27-20-7-5-6-8-21(20)28-22/h5-12,16-17H,13-15H2,1-4H3,(H,27,28)(H2,24,25,26). The van der Waals surface area contributed by atoms with E-state index in [2.05, 4.69) is 58.5 Å². The van der Waals surface area contributed by atoms with Crippen LogP contribution in [0, 0.1) is 5.92 Å². The minimum Gasteiger partial charge on any atom is -0.493 e. The fourth-order valence-corrected chi connectivity index (χ4v) is 3.02. The lowest BCUT2D eigenvalue weighted by Gasteiger charge is -2.18. The van der Waals surface area contributed by atoms with E-state index in [1.807, 2.05) is 36.4 Å². The highest BCUT2D eigenvalue weighted by Gasteiger charge is 2.09. The first-order valence-corrected chi connectivity index (χ1v) is 10.2. The van der Waals surface area contributed by atoms with Crippen LogP contribution in [0.15, 0.2) is 53.5 Å². The van der Waals surface area contributed by atoms with Crippen LogP contribution in [0.1, 0.15) is 38.2 Å². The van der Waals surface area contributed by atoms with Crippen LogP contribution in [0.4, 0.5) is 0 Å². The van der Waals surface area contributed by atoms with Gasteiger partial charge in [-0.05, 0) is 42.7 Å². The molecule has 0 saturated carbocycles. The average Bonchev–Trinajstić information content (AvgIpc) is 3.14. The summed E-state index contributed by atoms with van der Waals surface area (Å²) >= 11 is 0. The Morgan fingerprint density at radius 1 is 1.10 bits per heavy atom. The van der Waals surface area contributed by atoms with Gasteiger partial charge in [0, 0.05) is 20.0 Å². The first-order valence-electron chi connectivity index (χ1n) is 10.2. The highest BCUT2D eigenvalue weighted by molar-refractivity contribution is 5.80. The fraction of sp³-hybridized carbons (Fsp3) is 0.391. The van der Waals surface area contributed by atoms with Gasteiger partial charge in [0.15, 0.2) is 5.96 Å². The number of para-hydroxylation sites is 2. The summed E-state index contributed by atoms with van der Waals surface area (Å²) in [5.41, 5.74) is 3.25. The summed E-state index contributed by atoms with van der Waals surface area (Å²) in [4.78, 5) is 12.3. The van der Waals surface area contributed by atoms with E-state index >= 15 is 0 Å². The lowest BCUT2D eigenvalue weighted by Crippen LogP contribution is -2.39. The Morgan fingerprint density at radius 3 is 2.55 bits per heavy atom. The van der Waals surface area contributed by atoms with E-state index in [1.165, 1.54) is 5.56 Å². The van der Waals surface area contributed by atoms with Crippen molar-refractivity contribution in [2.45, 2.75) is 33.2 Å². The summed E-state index contributed by atoms with van der Waals surface area (Å²) in [5, 5.41) is 6.79. The number of fused-ring (bicyclic) bond motifs is 1. The van der Waals surface area contributed by atoms with E-state index in [-0.39, 0.29) is 6.04 Å². The molecule has 1 unspecified atom stereocenters. The number of nitrogens with one attached hydrogen (secondary N) is 3. The topological polar surface area (TPSA) is 74.3 Å². The number of H-pyrrole nitrogens is 1. The average molecular weight is 394 g/mol. The summed E-state index contributed by atoms with van der Waals surface area (Å²) in [6.07, 6.45) is 0.797. The maximum Gasteiger partial charge on any atom is 0.191 e. The van der Waals surface area contributed by atoms with Gasteiger partial charge in [-0.2, -0.15) is 0 Å². The number of guanidine groups is 1. The van der Waals surface area contributed by atoms with Gasteiger partial charge in [0.1, 0.15) is 11.6 Å². The van der Waals surface area contributed by atoms with Gasteiger partial charge in [-0.25, -0.2) is 4.98 Å². The Labute approximate surface area is 172 Å². The Bertz CT molecular complexity index is 897. The molecule has 29 heavy (non-hydrogen) atoms. The highest BCUT2D eigenvalue weighted by Crippen LogP contribution is 2.18. The van der Waals surface area contributed by atoms with E-state index in [9.17, 15) is 0 Å². The van der Waals surface area contributed by atoms with Crippen molar-refractivity contribution >= 4 is 17.0 Å². The number of imidazole rings is 1. The first kappa shape index (κ1) is 20.7. The highest BCUT2D eigenvalue weighted by atomic mass is 16.5. The number of aromatic nitrogens is 2. The third kappa shape index (κ3) is 5.98. The maximum atomic E-state index is 5.76. The number of hydrogen-bond donors (Lipinski definition) is 3. The molecule has 1 aromatic heterocycles. The van der Waals surface area contributed by atoms with Gasteiger partial charge in [0.2, 0.25) is 0 Å². The van der Waals surface area contributed by atoms with Crippen LogP contribution in [0.3, 0.4) is 0 Å². The Kier molecular flexibility index (Phi) is 7.11. The second-order valence-corrected chi connectivity index (χ2v) is 7.59. The SMILES string of the molecule is CN=C(NCCc1nc2ccccc2[nH]1)NC(C)c1ccc(OCC(C)C)cc1. The van der Waals surface area contributed by atoms with E-state index in [0.29, 0.717) is 5.92 Å². The van der Waals surface area contributed by atoms with Gasteiger partial charge in [0.25, 0.3) is 0 Å². The van der Waals surface area contributed by atoms with Crippen molar-refractivity contribution in [3.63, 3.8) is 0 Å². The summed E-state index contributed by atoms with van der Waals surface area (Å²) in [6, 6.07) is 16.4. The molecule has 154 valence electrons. The second kappa shape index (κ2) is 9.96. The molecule has 0 aliphatic rings. The minimum atomic E-state index is 0.131. The molecule has 0 spiro atoms. The summed E-state index contributed by atoms with van der Waals surface area (Å²) in [7, 11) is 1.78. The number of aliphatic imine (C=N–C) groups is 1. The smallest absolute Gasteiger partial charge is 0.191 e. The number of aromatic amines is 1. The largest absolute Gasteiger partial charge is 0.493 e. The molecular weight excluding hydrogens is 362 g/mol. The third-order valence-corrected chi connectivity index (χ3v) is 4.63. The van der Waals surface area contributed by atoms with Crippen molar-refractivity contribution in [2.75, 3.05) is 20.2 Å². The molecule has 6 nitrogen and oxygen atoms in total. The molecule has 0 radical (unpaired) electrons. The maximum absolute atomic E-state index is 5.76. The van der Waals surface area contributed by atoms with Crippen LogP contribution in [0.5, 0.6) is 5.75 Å². The van der Waals surface area contributed by atoms with Gasteiger partial charge in [-0.3, -0.25) is 4.99 Å². The molecule has 1 atom stereocenters. The summed E-state index contributed by atoms with van der Waals surface area (Å²) < 4.78 is 5.76. The van der Waals surface area contributed by atoms with E-state index < -0.39 is 0 Å². The number of benzene rings is 2. The normalized spacial score (nSPS) is 12.9. The molecular formula is C23H31N5O. The van der Waals surface area contributed by atoms with E-state index in [1.54, 1.807) is 7.05 Å². The van der Waals surface area contributed by atoms with Crippen molar-refractivity contribution in [3.8, 4) is 5.75 Å². The lowest BCUT2D eigenvalue weighted by molar-refractivity contribution is 0.271. The molecule has 0 amide bonds. The third-order valence-electron chi connectivity index (χ3n) is 4.63. The Balaban J connectivity index is 1.48. The molecule has 3 N–H and O–H groups in total. The predicted molar refractivity (Wildman–Crippen MR) is 119 cm³/mol. The Hall–Kier alpha value is -3.02. The quantitative estimate of drug-likeness (QED) is 0.398. The molecule has 0 aliphatic heterocycles. The number of hydrogen-bond acceptors (Lipinski definition) is 3. The Morgan fingerprint density at radius 2 is 1.86 bits per heavy atom.